The molecule has 1 fully saturated rings. The van der Waals surface area contributed by atoms with E-state index in [0.29, 0.717) is 12.8 Å². The van der Waals surface area contributed by atoms with Crippen molar-refractivity contribution in [2.45, 2.75) is 75.5 Å². The monoisotopic (exact) mass is 336 g/mol. The van der Waals surface area contributed by atoms with Crippen molar-refractivity contribution in [2.75, 3.05) is 0 Å². The first-order chi connectivity index (χ1) is 11.5. The first-order valence-electron chi connectivity index (χ1n) is 8.81. The second kappa shape index (κ2) is 11.0. The van der Waals surface area contributed by atoms with Gasteiger partial charge in [-0.3, -0.25) is 9.59 Å². The van der Waals surface area contributed by atoms with Crippen molar-refractivity contribution in [3.63, 3.8) is 0 Å². The van der Waals surface area contributed by atoms with Crippen molar-refractivity contribution >= 4 is 11.8 Å². The van der Waals surface area contributed by atoms with Crippen molar-refractivity contribution in [3.05, 3.63) is 25.3 Å². The summed E-state index contributed by atoms with van der Waals surface area (Å²) in [5.74, 6) is -0.209. The molecule has 1 aliphatic heterocycles. The van der Waals surface area contributed by atoms with Crippen LogP contribution in [0.25, 0.3) is 0 Å². The smallest absolute Gasteiger partial charge is 0.243 e. The number of amides is 2. The zero-order valence-corrected chi connectivity index (χ0v) is 14.5. The number of nitrogens with two attached hydrogens (primary N) is 2. The zero-order valence-electron chi connectivity index (χ0n) is 14.5. The molecule has 1 rings (SSSR count). The number of carbonyl (C=O) groups is 2. The summed E-state index contributed by atoms with van der Waals surface area (Å²) in [5.41, 5.74) is 11.8. The van der Waals surface area contributed by atoms with Gasteiger partial charge >= 0.3 is 0 Å². The van der Waals surface area contributed by atoms with Gasteiger partial charge in [0, 0.05) is 12.1 Å². The lowest BCUT2D eigenvalue weighted by Gasteiger charge is -2.30. The molecule has 0 saturated carbocycles. The Morgan fingerprint density at radius 1 is 0.875 bits per heavy atom. The quantitative estimate of drug-likeness (QED) is 0.400. The van der Waals surface area contributed by atoms with Gasteiger partial charge in [-0.15, -0.1) is 13.2 Å². The molecule has 24 heavy (non-hydrogen) atoms. The Morgan fingerprint density at radius 2 is 1.25 bits per heavy atom. The first kappa shape index (κ1) is 20.4. The van der Waals surface area contributed by atoms with Crippen LogP contribution < -0.4 is 22.1 Å². The van der Waals surface area contributed by atoms with Gasteiger partial charge in [0.25, 0.3) is 0 Å². The fourth-order valence-corrected chi connectivity index (χ4v) is 2.91. The average molecular weight is 336 g/mol. The molecule has 1 heterocycles. The van der Waals surface area contributed by atoms with Gasteiger partial charge in [-0.05, 0) is 51.4 Å². The van der Waals surface area contributed by atoms with Crippen LogP contribution >= 0.6 is 0 Å². The van der Waals surface area contributed by atoms with E-state index in [2.05, 4.69) is 23.8 Å². The third-order valence-corrected chi connectivity index (χ3v) is 4.34. The van der Waals surface area contributed by atoms with Crippen LogP contribution in [-0.2, 0) is 9.59 Å². The van der Waals surface area contributed by atoms with Crippen LogP contribution in [0.3, 0.4) is 0 Å². The summed E-state index contributed by atoms with van der Waals surface area (Å²) in [6, 6.07) is -0.768. The molecule has 4 unspecified atom stereocenters. The second-order valence-electron chi connectivity index (χ2n) is 6.55. The zero-order chi connectivity index (χ0) is 17.9. The highest BCUT2D eigenvalue weighted by Crippen LogP contribution is 2.12. The molecule has 0 aromatic carbocycles. The maximum atomic E-state index is 12.1. The lowest BCUT2D eigenvalue weighted by atomic mass is 9.98. The van der Waals surface area contributed by atoms with Crippen LogP contribution in [0.1, 0.15) is 51.4 Å². The standard InChI is InChI=1S/C18H32N4O2/c1-3-7-13(19)9-5-11-15-17(23)22-16(18(24)21-15)12-6-10-14(20)8-4-2/h3-4,13-16H,1-2,5-12,19-20H2,(H,21,24)(H,22,23). The fraction of sp³-hybridized carbons (Fsp3) is 0.667. The predicted molar refractivity (Wildman–Crippen MR) is 97.1 cm³/mol. The van der Waals surface area contributed by atoms with E-state index in [0.717, 1.165) is 38.5 Å². The summed E-state index contributed by atoms with van der Waals surface area (Å²) in [6.07, 6.45) is 9.57. The maximum Gasteiger partial charge on any atom is 0.243 e. The molecule has 0 aromatic heterocycles. The van der Waals surface area contributed by atoms with Gasteiger partial charge in [0.05, 0.1) is 0 Å². The van der Waals surface area contributed by atoms with Crippen LogP contribution in [-0.4, -0.2) is 36.0 Å². The minimum Gasteiger partial charge on any atom is -0.343 e. The number of hydrogen-bond acceptors (Lipinski definition) is 4. The highest BCUT2D eigenvalue weighted by atomic mass is 16.2. The lowest BCUT2D eigenvalue weighted by molar-refractivity contribution is -0.137. The number of nitrogens with one attached hydrogen (secondary N) is 2. The molecule has 1 aliphatic rings. The SMILES string of the molecule is C=CCC(N)CCCC1NC(=O)C(CCCC(N)CC=C)NC1=O. The number of rotatable bonds is 12. The highest BCUT2D eigenvalue weighted by Gasteiger charge is 2.32. The molecular weight excluding hydrogens is 304 g/mol. The second-order valence-corrected chi connectivity index (χ2v) is 6.55. The molecule has 0 aromatic rings. The van der Waals surface area contributed by atoms with Gasteiger partial charge in [-0.2, -0.15) is 0 Å². The largest absolute Gasteiger partial charge is 0.343 e. The number of hydrogen-bond donors (Lipinski definition) is 4. The minimum atomic E-state index is -0.451. The van der Waals surface area contributed by atoms with Crippen LogP contribution in [0.2, 0.25) is 0 Å². The van der Waals surface area contributed by atoms with Crippen LogP contribution in [0.15, 0.2) is 25.3 Å². The average Bonchev–Trinajstić information content (AvgIpc) is 2.52. The van der Waals surface area contributed by atoms with Crippen LogP contribution in [0.4, 0.5) is 0 Å². The number of piperazine rings is 1. The summed E-state index contributed by atoms with van der Waals surface area (Å²) >= 11 is 0. The molecule has 6 N–H and O–H groups in total. The van der Waals surface area contributed by atoms with Crippen molar-refractivity contribution in [1.82, 2.24) is 10.6 Å². The Kier molecular flexibility index (Phi) is 9.34. The summed E-state index contributed by atoms with van der Waals surface area (Å²) in [4.78, 5) is 24.3. The molecule has 2 amide bonds. The Balaban J connectivity index is 2.30. The predicted octanol–water partition coefficient (Wildman–Crippen LogP) is 1.12. The maximum absolute atomic E-state index is 12.1. The highest BCUT2D eigenvalue weighted by molar-refractivity contribution is 5.96. The summed E-state index contributed by atoms with van der Waals surface area (Å²) in [6.45, 7) is 7.32. The summed E-state index contributed by atoms with van der Waals surface area (Å²) in [7, 11) is 0. The Labute approximate surface area is 145 Å². The normalized spacial score (nSPS) is 23.1. The van der Waals surface area contributed by atoms with Crippen molar-refractivity contribution in [1.29, 1.82) is 0 Å². The molecule has 6 nitrogen and oxygen atoms in total. The van der Waals surface area contributed by atoms with Crippen molar-refractivity contribution in [2.24, 2.45) is 11.5 Å². The molecule has 0 aliphatic carbocycles. The molecule has 6 heteroatoms. The third kappa shape index (κ3) is 7.27. The van der Waals surface area contributed by atoms with E-state index in [4.69, 9.17) is 11.5 Å². The van der Waals surface area contributed by atoms with E-state index in [1.54, 1.807) is 12.2 Å². The first-order valence-corrected chi connectivity index (χ1v) is 8.81. The van der Waals surface area contributed by atoms with E-state index in [1.807, 2.05) is 0 Å². The van der Waals surface area contributed by atoms with Gasteiger partial charge in [0.15, 0.2) is 0 Å². The summed E-state index contributed by atoms with van der Waals surface area (Å²) < 4.78 is 0. The van der Waals surface area contributed by atoms with Gasteiger partial charge in [-0.1, -0.05) is 12.2 Å². The molecule has 0 spiro atoms. The molecule has 4 atom stereocenters. The molecule has 1 saturated heterocycles. The topological polar surface area (TPSA) is 110 Å². The van der Waals surface area contributed by atoms with Gasteiger partial charge < -0.3 is 22.1 Å². The summed E-state index contributed by atoms with van der Waals surface area (Å²) in [5, 5.41) is 5.65. The van der Waals surface area contributed by atoms with Crippen LogP contribution in [0.5, 0.6) is 0 Å². The molecular formula is C18H32N4O2. The van der Waals surface area contributed by atoms with Gasteiger partial charge in [0.1, 0.15) is 12.1 Å². The van der Waals surface area contributed by atoms with E-state index in [9.17, 15) is 9.59 Å². The van der Waals surface area contributed by atoms with E-state index in [-0.39, 0.29) is 23.9 Å². The van der Waals surface area contributed by atoms with E-state index >= 15 is 0 Å². The van der Waals surface area contributed by atoms with Gasteiger partial charge in [0.2, 0.25) is 11.8 Å². The Hall–Kier alpha value is -1.66. The van der Waals surface area contributed by atoms with E-state index in [1.165, 1.54) is 0 Å². The minimum absolute atomic E-state index is 0.0670. The molecule has 0 radical (unpaired) electrons. The van der Waals surface area contributed by atoms with Crippen molar-refractivity contribution in [3.8, 4) is 0 Å². The van der Waals surface area contributed by atoms with Crippen molar-refractivity contribution < 1.29 is 9.59 Å². The lowest BCUT2D eigenvalue weighted by Crippen LogP contribution is -2.61. The molecule has 136 valence electrons. The van der Waals surface area contributed by atoms with Crippen LogP contribution in [0, 0.1) is 0 Å². The number of carbonyl (C=O) groups excluding carboxylic acids is 2. The third-order valence-electron chi connectivity index (χ3n) is 4.34. The Morgan fingerprint density at radius 3 is 1.58 bits per heavy atom. The molecule has 0 bridgehead atoms. The fourth-order valence-electron chi connectivity index (χ4n) is 2.91. The Bertz CT molecular complexity index is 399. The van der Waals surface area contributed by atoms with E-state index < -0.39 is 12.1 Å². The van der Waals surface area contributed by atoms with Gasteiger partial charge in [-0.25, -0.2) is 0 Å².